The normalized spacial score (nSPS) is 14.6. The van der Waals surface area contributed by atoms with E-state index in [4.69, 9.17) is 15.0 Å². The molecule has 0 aromatic heterocycles. The van der Waals surface area contributed by atoms with Crippen LogP contribution in [0.25, 0.3) is 0 Å². The molecule has 0 unspecified atom stereocenters. The third kappa shape index (κ3) is 12.9. The summed E-state index contributed by atoms with van der Waals surface area (Å²) in [7, 11) is 0. The molecule has 0 amide bonds. The molecule has 1 aliphatic rings. The number of carboxylic acid groups (broad SMARTS) is 2. The average molecular weight is 196 g/mol. The van der Waals surface area contributed by atoms with E-state index in [0.29, 0.717) is 0 Å². The van der Waals surface area contributed by atoms with E-state index in [2.05, 4.69) is 13.0 Å². The van der Waals surface area contributed by atoms with Gasteiger partial charge in [-0.05, 0) is 38.8 Å². The molecular weight excluding hydrogens is 184 g/mol. The largest absolute Gasteiger partial charge is 2.00 e. The fourth-order valence-electron chi connectivity index (χ4n) is 0.999. The summed E-state index contributed by atoms with van der Waals surface area (Å²) in [5.74, 6) is 0. The third-order valence-corrected chi connectivity index (χ3v) is 1.52. The third-order valence-electron chi connectivity index (χ3n) is 1.52. The zero-order chi connectivity index (χ0) is 8.69. The van der Waals surface area contributed by atoms with E-state index < -0.39 is 6.16 Å². The number of allylic oxidation sites excluding steroid dienone is 2. The molecule has 0 fully saturated rings. The molecule has 64 valence electrons. The molecule has 0 saturated heterocycles. The van der Waals surface area contributed by atoms with Gasteiger partial charge in [0.2, 0.25) is 0 Å². The first kappa shape index (κ1) is 14.8. The summed E-state index contributed by atoms with van der Waals surface area (Å²) in [5.41, 5.74) is 1.59. The van der Waals surface area contributed by atoms with Crippen molar-refractivity contribution in [1.82, 2.24) is 0 Å². The van der Waals surface area contributed by atoms with Gasteiger partial charge in [-0.25, -0.2) is 0 Å². The van der Waals surface area contributed by atoms with Crippen LogP contribution in [0.15, 0.2) is 11.6 Å². The molecule has 12 heavy (non-hydrogen) atoms. The van der Waals surface area contributed by atoms with Gasteiger partial charge in [-0.3, -0.25) is 0 Å². The predicted molar refractivity (Wildman–Crippen MR) is 43.4 cm³/mol. The van der Waals surface area contributed by atoms with Crippen molar-refractivity contribution in [2.75, 3.05) is 0 Å². The Morgan fingerprint density at radius 3 is 2.08 bits per heavy atom. The average Bonchev–Trinajstić information content (AvgIpc) is 1.87. The number of carbonyl (C=O) groups excluding carboxylic acids is 1. The summed E-state index contributed by atoms with van der Waals surface area (Å²) in [6, 6.07) is 0. The first-order valence-electron chi connectivity index (χ1n) is 3.66. The Morgan fingerprint density at radius 2 is 1.92 bits per heavy atom. The van der Waals surface area contributed by atoms with Gasteiger partial charge < -0.3 is 15.0 Å². The summed E-state index contributed by atoms with van der Waals surface area (Å²) in [4.78, 5) is 8.33. The molecule has 0 spiro atoms. The molecule has 4 heteroatoms. The molecule has 0 saturated carbocycles. The number of hydrogen-bond donors (Lipinski definition) is 0. The molecule has 0 bridgehead atoms. The summed E-state index contributed by atoms with van der Waals surface area (Å²) < 4.78 is 0. The van der Waals surface area contributed by atoms with Gasteiger partial charge >= 0.3 is 37.7 Å². The minimum atomic E-state index is -2.33. The van der Waals surface area contributed by atoms with E-state index in [1.165, 1.54) is 25.7 Å². The molecule has 0 N–H and O–H groups in total. The molecule has 0 radical (unpaired) electrons. The maximum atomic E-state index is 8.33. The Hall–Kier alpha value is 0.270. The van der Waals surface area contributed by atoms with Crippen LogP contribution in [0, 0.1) is 0 Å². The maximum absolute atomic E-state index is 8.33. The standard InChI is InChI=1S/C7H12.CH2O3.Ca/c1-7-5-3-2-4-6-7;2-1(3)4;/h5H,2-4,6H2,1H3;(H2,2,3,4);/q;;+2/p-2. The number of rotatable bonds is 0. The van der Waals surface area contributed by atoms with Gasteiger partial charge in [-0.2, -0.15) is 0 Å². The Labute approximate surface area is 102 Å². The second kappa shape index (κ2) is 9.36. The molecule has 1 rings (SSSR count). The van der Waals surface area contributed by atoms with Gasteiger partial charge in [0.15, 0.2) is 0 Å². The minimum absolute atomic E-state index is 0. The van der Waals surface area contributed by atoms with Crippen LogP contribution in [0.1, 0.15) is 32.6 Å². The van der Waals surface area contributed by atoms with Crippen LogP contribution >= 0.6 is 0 Å². The van der Waals surface area contributed by atoms with Gasteiger partial charge in [0, 0.05) is 0 Å². The van der Waals surface area contributed by atoms with Gasteiger partial charge in [0.1, 0.15) is 0 Å². The van der Waals surface area contributed by atoms with Crippen molar-refractivity contribution in [1.29, 1.82) is 0 Å². The van der Waals surface area contributed by atoms with Crippen molar-refractivity contribution in [2.24, 2.45) is 0 Å². The first-order valence-corrected chi connectivity index (χ1v) is 3.66. The Bertz CT molecular complexity index is 150. The van der Waals surface area contributed by atoms with E-state index >= 15 is 0 Å². The second-order valence-electron chi connectivity index (χ2n) is 2.55. The van der Waals surface area contributed by atoms with Crippen LogP contribution in [-0.4, -0.2) is 43.9 Å². The molecule has 1 aliphatic carbocycles. The van der Waals surface area contributed by atoms with Gasteiger partial charge in [-0.1, -0.05) is 11.6 Å². The fourth-order valence-corrected chi connectivity index (χ4v) is 0.999. The van der Waals surface area contributed by atoms with E-state index in [1.807, 2.05) is 0 Å². The predicted octanol–water partition coefficient (Wildman–Crippen LogP) is -0.321. The SMILES string of the molecule is CC1=CCCCC1.O=C([O-])[O-].[Ca+2]. The van der Waals surface area contributed by atoms with Crippen molar-refractivity contribution in [3.63, 3.8) is 0 Å². The summed E-state index contributed by atoms with van der Waals surface area (Å²) in [6.45, 7) is 2.22. The van der Waals surface area contributed by atoms with Crippen LogP contribution in [0.4, 0.5) is 4.79 Å². The monoisotopic (exact) mass is 196 g/mol. The van der Waals surface area contributed by atoms with Crippen molar-refractivity contribution in [3.8, 4) is 0 Å². The summed E-state index contributed by atoms with van der Waals surface area (Å²) in [6.07, 6.45) is 5.52. The zero-order valence-electron chi connectivity index (χ0n) is 7.34. The van der Waals surface area contributed by atoms with Gasteiger partial charge in [0.05, 0.1) is 0 Å². The second-order valence-corrected chi connectivity index (χ2v) is 2.55. The molecule has 3 nitrogen and oxygen atoms in total. The van der Waals surface area contributed by atoms with Crippen LogP contribution in [0.2, 0.25) is 0 Å². The molecule has 0 heterocycles. The Morgan fingerprint density at radius 1 is 1.42 bits per heavy atom. The van der Waals surface area contributed by atoms with Crippen LogP contribution in [-0.2, 0) is 0 Å². The topological polar surface area (TPSA) is 63.2 Å². The van der Waals surface area contributed by atoms with Crippen LogP contribution in [0.5, 0.6) is 0 Å². The van der Waals surface area contributed by atoms with Crippen molar-refractivity contribution in [2.45, 2.75) is 32.6 Å². The van der Waals surface area contributed by atoms with Crippen molar-refractivity contribution in [3.05, 3.63) is 11.6 Å². The van der Waals surface area contributed by atoms with E-state index in [9.17, 15) is 0 Å². The van der Waals surface area contributed by atoms with Gasteiger partial charge in [-0.15, -0.1) is 0 Å². The zero-order valence-corrected chi connectivity index (χ0v) is 9.55. The first-order chi connectivity index (χ1) is 5.13. The van der Waals surface area contributed by atoms with E-state index in [0.717, 1.165) is 0 Å². The summed E-state index contributed by atoms with van der Waals surface area (Å²) >= 11 is 0. The smallest absolute Gasteiger partial charge is 0.652 e. The number of hydrogen-bond acceptors (Lipinski definition) is 3. The molecular formula is C8H12CaO3. The quantitative estimate of drug-likeness (QED) is 0.394. The van der Waals surface area contributed by atoms with Crippen molar-refractivity contribution >= 4 is 43.9 Å². The Kier molecular flexibility index (Phi) is 11.5. The molecule has 0 aromatic rings. The van der Waals surface area contributed by atoms with Crippen LogP contribution < -0.4 is 10.2 Å². The Balaban J connectivity index is 0. The molecule has 0 atom stereocenters. The van der Waals surface area contributed by atoms with Gasteiger partial charge in [0.25, 0.3) is 0 Å². The fraction of sp³-hybridized carbons (Fsp3) is 0.625. The molecule has 0 aromatic carbocycles. The summed E-state index contributed by atoms with van der Waals surface area (Å²) in [5, 5.41) is 16.7. The van der Waals surface area contributed by atoms with E-state index in [-0.39, 0.29) is 37.7 Å². The molecule has 0 aliphatic heterocycles. The maximum Gasteiger partial charge on any atom is 2.00 e. The van der Waals surface area contributed by atoms with Crippen LogP contribution in [0.3, 0.4) is 0 Å². The van der Waals surface area contributed by atoms with E-state index in [1.54, 1.807) is 5.57 Å². The minimum Gasteiger partial charge on any atom is -0.652 e. The van der Waals surface area contributed by atoms with Crippen molar-refractivity contribution < 1.29 is 15.0 Å². The number of carbonyl (C=O) groups is 1.